The Morgan fingerprint density at radius 2 is 2.24 bits per heavy atom. The Hall–Kier alpha value is -1.27. The summed E-state index contributed by atoms with van der Waals surface area (Å²) in [5, 5.41) is 0. The summed E-state index contributed by atoms with van der Waals surface area (Å²) in [6.45, 7) is 4.08. The molecule has 0 atom stereocenters. The molecule has 0 spiro atoms. The zero-order valence-corrected chi connectivity index (χ0v) is 11.0. The van der Waals surface area contributed by atoms with Crippen molar-refractivity contribution >= 4 is 23.0 Å². The van der Waals surface area contributed by atoms with E-state index in [1.54, 1.807) is 13.4 Å². The van der Waals surface area contributed by atoms with Gasteiger partial charge in [-0.2, -0.15) is 0 Å². The molecule has 1 heterocycles. The van der Waals surface area contributed by atoms with E-state index >= 15 is 0 Å². The average Bonchev–Trinajstić information content (AvgIpc) is 2.29. The summed E-state index contributed by atoms with van der Waals surface area (Å²) in [7, 11) is 1.68. The van der Waals surface area contributed by atoms with Crippen molar-refractivity contribution in [3.05, 3.63) is 18.1 Å². The van der Waals surface area contributed by atoms with Crippen LogP contribution in [0.5, 0.6) is 0 Å². The molecule has 94 valence electrons. The number of thiocarbonyl (C=S) groups is 1. The van der Waals surface area contributed by atoms with Gasteiger partial charge in [0.2, 0.25) is 0 Å². The van der Waals surface area contributed by atoms with Crippen molar-refractivity contribution in [2.24, 2.45) is 5.73 Å². The van der Waals surface area contributed by atoms with Gasteiger partial charge in [0.05, 0.1) is 11.6 Å². The van der Waals surface area contributed by atoms with Gasteiger partial charge in [-0.1, -0.05) is 12.2 Å². The molecule has 0 amide bonds. The van der Waals surface area contributed by atoms with Crippen LogP contribution in [-0.2, 0) is 4.74 Å². The first kappa shape index (κ1) is 13.8. The van der Waals surface area contributed by atoms with Crippen molar-refractivity contribution < 1.29 is 4.74 Å². The molecule has 1 aromatic heterocycles. The van der Waals surface area contributed by atoms with Crippen LogP contribution in [0.25, 0.3) is 0 Å². The van der Waals surface area contributed by atoms with E-state index in [9.17, 15) is 0 Å². The highest BCUT2D eigenvalue weighted by atomic mass is 32.1. The molecule has 0 aromatic carbocycles. The number of methoxy groups -OCH3 is 1. The zero-order valence-electron chi connectivity index (χ0n) is 10.2. The van der Waals surface area contributed by atoms with Crippen molar-refractivity contribution in [2.75, 3.05) is 31.7 Å². The number of aryl methyl sites for hydroxylation is 1. The molecule has 1 rings (SSSR count). The molecule has 6 heteroatoms. The van der Waals surface area contributed by atoms with Gasteiger partial charge in [-0.3, -0.25) is 0 Å². The van der Waals surface area contributed by atoms with E-state index in [2.05, 4.69) is 14.9 Å². The van der Waals surface area contributed by atoms with Crippen LogP contribution in [-0.4, -0.2) is 41.8 Å². The molecule has 0 saturated heterocycles. The number of nitrogens with two attached hydrogens (primary N) is 1. The molecule has 0 fully saturated rings. The van der Waals surface area contributed by atoms with E-state index in [0.717, 1.165) is 24.6 Å². The molecule has 0 bridgehead atoms. The monoisotopic (exact) mass is 254 g/mol. The van der Waals surface area contributed by atoms with Gasteiger partial charge in [0.25, 0.3) is 0 Å². The third-order valence-corrected chi connectivity index (χ3v) is 2.51. The summed E-state index contributed by atoms with van der Waals surface area (Å²) >= 11 is 4.89. The van der Waals surface area contributed by atoms with Crippen molar-refractivity contribution in [1.29, 1.82) is 0 Å². The Labute approximate surface area is 107 Å². The van der Waals surface area contributed by atoms with Crippen molar-refractivity contribution in [1.82, 2.24) is 9.97 Å². The van der Waals surface area contributed by atoms with E-state index in [1.807, 2.05) is 13.0 Å². The fourth-order valence-corrected chi connectivity index (χ4v) is 1.49. The number of rotatable bonds is 7. The zero-order chi connectivity index (χ0) is 12.7. The molecule has 0 radical (unpaired) electrons. The van der Waals surface area contributed by atoms with Gasteiger partial charge in [0, 0.05) is 38.4 Å². The second kappa shape index (κ2) is 7.13. The molecular formula is C11H18N4OS. The van der Waals surface area contributed by atoms with E-state index in [1.165, 1.54) is 0 Å². The second-order valence-electron chi connectivity index (χ2n) is 3.71. The predicted molar refractivity (Wildman–Crippen MR) is 72.3 cm³/mol. The van der Waals surface area contributed by atoms with Gasteiger partial charge in [-0.05, 0) is 6.92 Å². The topological polar surface area (TPSA) is 64.3 Å². The van der Waals surface area contributed by atoms with Gasteiger partial charge in [0.15, 0.2) is 0 Å². The Balaban J connectivity index is 2.70. The van der Waals surface area contributed by atoms with Crippen LogP contribution in [0.15, 0.2) is 12.4 Å². The van der Waals surface area contributed by atoms with E-state index in [4.69, 9.17) is 22.7 Å². The summed E-state index contributed by atoms with van der Waals surface area (Å²) in [6.07, 6.45) is 2.23. The summed E-state index contributed by atoms with van der Waals surface area (Å²) in [5.74, 6) is 0.880. The van der Waals surface area contributed by atoms with Gasteiger partial charge in [-0.25, -0.2) is 9.97 Å². The highest BCUT2D eigenvalue weighted by Crippen LogP contribution is 2.10. The molecule has 1 aromatic rings. The average molecular weight is 254 g/mol. The third-order valence-electron chi connectivity index (χ3n) is 2.31. The number of nitrogens with zero attached hydrogens (tertiary/aromatic N) is 3. The van der Waals surface area contributed by atoms with Crippen molar-refractivity contribution in [3.63, 3.8) is 0 Å². The lowest BCUT2D eigenvalue weighted by molar-refractivity contribution is 0.205. The standard InChI is InChI=1S/C11H18N4OS/c1-9-7-11(14-8-13-9)15(5-6-16-2)4-3-10(12)17/h7-8H,3-6H2,1-2H3,(H2,12,17). The second-order valence-corrected chi connectivity index (χ2v) is 4.24. The van der Waals surface area contributed by atoms with Gasteiger partial charge in [-0.15, -0.1) is 0 Å². The number of hydrogen-bond acceptors (Lipinski definition) is 5. The summed E-state index contributed by atoms with van der Waals surface area (Å²) in [5.41, 5.74) is 6.46. The quantitative estimate of drug-likeness (QED) is 0.730. The molecule has 2 N–H and O–H groups in total. The minimum Gasteiger partial charge on any atom is -0.393 e. The predicted octanol–water partition coefficient (Wildman–Crippen LogP) is 0.914. The highest BCUT2D eigenvalue weighted by Gasteiger charge is 2.08. The SMILES string of the molecule is COCCN(CCC(N)=S)c1cc(C)ncn1. The highest BCUT2D eigenvalue weighted by molar-refractivity contribution is 7.80. The summed E-state index contributed by atoms with van der Waals surface area (Å²) < 4.78 is 5.08. The Kier molecular flexibility index (Phi) is 5.79. The minimum absolute atomic E-state index is 0.512. The molecule has 0 aliphatic heterocycles. The van der Waals surface area contributed by atoms with Crippen molar-refractivity contribution in [3.8, 4) is 0 Å². The fourth-order valence-electron chi connectivity index (χ4n) is 1.40. The molecular weight excluding hydrogens is 236 g/mol. The van der Waals surface area contributed by atoms with Gasteiger partial charge < -0.3 is 15.4 Å². The Morgan fingerprint density at radius 1 is 1.47 bits per heavy atom. The van der Waals surface area contributed by atoms with Gasteiger partial charge >= 0.3 is 0 Å². The molecule has 0 unspecified atom stereocenters. The molecule has 0 aliphatic rings. The van der Waals surface area contributed by atoms with E-state index in [-0.39, 0.29) is 0 Å². The van der Waals surface area contributed by atoms with Crippen LogP contribution >= 0.6 is 12.2 Å². The lowest BCUT2D eigenvalue weighted by atomic mass is 10.3. The van der Waals surface area contributed by atoms with Crippen LogP contribution in [0.1, 0.15) is 12.1 Å². The molecule has 0 aliphatic carbocycles. The number of ether oxygens (including phenoxy) is 1. The van der Waals surface area contributed by atoms with Crippen molar-refractivity contribution in [2.45, 2.75) is 13.3 Å². The van der Waals surface area contributed by atoms with Crippen LogP contribution in [0.2, 0.25) is 0 Å². The third kappa shape index (κ3) is 5.06. The number of anilines is 1. The fraction of sp³-hybridized carbons (Fsp3) is 0.545. The number of aromatic nitrogens is 2. The lowest BCUT2D eigenvalue weighted by Crippen LogP contribution is -2.31. The maximum Gasteiger partial charge on any atom is 0.132 e. The molecule has 17 heavy (non-hydrogen) atoms. The Bertz CT molecular complexity index is 372. The van der Waals surface area contributed by atoms with Crippen LogP contribution in [0.3, 0.4) is 0 Å². The van der Waals surface area contributed by atoms with E-state index < -0.39 is 0 Å². The van der Waals surface area contributed by atoms with Crippen LogP contribution in [0, 0.1) is 6.92 Å². The lowest BCUT2D eigenvalue weighted by Gasteiger charge is -2.23. The van der Waals surface area contributed by atoms with Crippen LogP contribution < -0.4 is 10.6 Å². The first-order chi connectivity index (χ1) is 8.13. The Morgan fingerprint density at radius 3 is 2.82 bits per heavy atom. The minimum atomic E-state index is 0.512. The normalized spacial score (nSPS) is 10.2. The van der Waals surface area contributed by atoms with Crippen LogP contribution in [0.4, 0.5) is 5.82 Å². The maximum atomic E-state index is 5.52. The molecule has 0 saturated carbocycles. The first-order valence-electron chi connectivity index (χ1n) is 5.44. The van der Waals surface area contributed by atoms with E-state index in [0.29, 0.717) is 18.0 Å². The summed E-state index contributed by atoms with van der Waals surface area (Å²) in [6, 6.07) is 1.94. The van der Waals surface area contributed by atoms with Gasteiger partial charge in [0.1, 0.15) is 12.1 Å². The largest absolute Gasteiger partial charge is 0.393 e. The maximum absolute atomic E-state index is 5.52. The smallest absolute Gasteiger partial charge is 0.132 e. The molecule has 5 nitrogen and oxygen atoms in total. The summed E-state index contributed by atoms with van der Waals surface area (Å²) in [4.78, 5) is 10.9. The number of hydrogen-bond donors (Lipinski definition) is 1. The first-order valence-corrected chi connectivity index (χ1v) is 5.85.